The Morgan fingerprint density at radius 3 is 2.59 bits per heavy atom. The Morgan fingerprint density at radius 1 is 1.18 bits per heavy atom. The lowest BCUT2D eigenvalue weighted by atomic mass is 9.71. The molecule has 1 spiro atoms. The van der Waals surface area contributed by atoms with E-state index in [9.17, 15) is 9.59 Å². The van der Waals surface area contributed by atoms with Gasteiger partial charge in [-0.05, 0) is 42.4 Å². The zero-order valence-electron chi connectivity index (χ0n) is 19.8. The van der Waals surface area contributed by atoms with Gasteiger partial charge in [0.2, 0.25) is 5.91 Å². The van der Waals surface area contributed by atoms with Gasteiger partial charge in [0.05, 0.1) is 24.3 Å². The lowest BCUT2D eigenvalue weighted by molar-refractivity contribution is -0.127. The zero-order valence-corrected chi connectivity index (χ0v) is 20.6. The van der Waals surface area contributed by atoms with Crippen molar-refractivity contribution in [3.8, 4) is 0 Å². The predicted molar refractivity (Wildman–Crippen MR) is 134 cm³/mol. The van der Waals surface area contributed by atoms with Crippen molar-refractivity contribution in [2.45, 2.75) is 35.3 Å². The van der Waals surface area contributed by atoms with Crippen LogP contribution in [0.1, 0.15) is 40.4 Å². The van der Waals surface area contributed by atoms with Crippen molar-refractivity contribution in [2.75, 3.05) is 39.7 Å². The van der Waals surface area contributed by atoms with E-state index in [0.717, 1.165) is 28.9 Å². The van der Waals surface area contributed by atoms with Crippen LogP contribution < -0.4 is 5.32 Å². The molecule has 1 heterocycles. The van der Waals surface area contributed by atoms with Crippen molar-refractivity contribution < 1.29 is 19.1 Å². The SMILES string of the molecule is C=CCO[C@@H]1[C@@H](NC(=O)COC)c2ccccc2C12CCN(C(=O)c1ccccc1SC)CC2. The molecule has 1 aliphatic heterocycles. The van der Waals surface area contributed by atoms with Crippen molar-refractivity contribution in [3.63, 3.8) is 0 Å². The van der Waals surface area contributed by atoms with Crippen molar-refractivity contribution >= 4 is 23.6 Å². The summed E-state index contributed by atoms with van der Waals surface area (Å²) in [6, 6.07) is 15.7. The van der Waals surface area contributed by atoms with Crippen LogP contribution >= 0.6 is 11.8 Å². The first-order valence-corrected chi connectivity index (χ1v) is 12.8. The second kappa shape index (κ2) is 10.8. The molecule has 0 radical (unpaired) electrons. The molecule has 4 rings (SSSR count). The first-order valence-electron chi connectivity index (χ1n) is 11.6. The molecule has 0 saturated carbocycles. The first-order chi connectivity index (χ1) is 16.6. The van der Waals surface area contributed by atoms with Gasteiger partial charge in [-0.15, -0.1) is 18.3 Å². The number of thioether (sulfide) groups is 1. The van der Waals surface area contributed by atoms with E-state index in [1.807, 2.05) is 47.6 Å². The van der Waals surface area contributed by atoms with Gasteiger partial charge >= 0.3 is 0 Å². The number of benzene rings is 2. The minimum atomic E-state index is -0.291. The fraction of sp³-hybridized carbons (Fsp3) is 0.407. The number of amides is 2. The summed E-state index contributed by atoms with van der Waals surface area (Å²) in [5.74, 6) is -0.104. The summed E-state index contributed by atoms with van der Waals surface area (Å²) < 4.78 is 11.4. The van der Waals surface area contributed by atoms with E-state index in [1.54, 1.807) is 17.8 Å². The molecule has 2 aromatic rings. The third-order valence-electron chi connectivity index (χ3n) is 6.95. The number of carbonyl (C=O) groups excluding carboxylic acids is 2. The van der Waals surface area contributed by atoms with Crippen LogP contribution in [0.4, 0.5) is 0 Å². The Morgan fingerprint density at radius 2 is 1.88 bits per heavy atom. The van der Waals surface area contributed by atoms with Crippen molar-refractivity contribution in [1.29, 1.82) is 0 Å². The highest BCUT2D eigenvalue weighted by Gasteiger charge is 2.54. The maximum atomic E-state index is 13.4. The lowest BCUT2D eigenvalue weighted by Gasteiger charge is -2.44. The minimum Gasteiger partial charge on any atom is -0.375 e. The topological polar surface area (TPSA) is 67.9 Å². The molecule has 1 aliphatic carbocycles. The van der Waals surface area contributed by atoms with E-state index >= 15 is 0 Å². The molecular weight excluding hydrogens is 448 g/mol. The molecule has 6 nitrogen and oxygen atoms in total. The minimum absolute atomic E-state index is 0.00300. The average Bonchev–Trinajstić information content (AvgIpc) is 3.11. The molecule has 0 unspecified atom stereocenters. The number of piperidine rings is 1. The fourth-order valence-corrected chi connectivity index (χ4v) is 6.03. The van der Waals surface area contributed by atoms with E-state index in [-0.39, 0.29) is 36.0 Å². The van der Waals surface area contributed by atoms with Crippen LogP contribution in [-0.4, -0.2) is 62.5 Å². The normalized spacial score (nSPS) is 20.7. The van der Waals surface area contributed by atoms with Crippen LogP contribution in [0.2, 0.25) is 0 Å². The lowest BCUT2D eigenvalue weighted by Crippen LogP contribution is -2.52. The van der Waals surface area contributed by atoms with Gasteiger partial charge < -0.3 is 19.7 Å². The summed E-state index contributed by atoms with van der Waals surface area (Å²) in [5.41, 5.74) is 2.74. The standard InChI is InChI=1S/C27H32N2O4S/c1-4-17-33-25-24(28-23(30)18-32-2)19-9-5-7-11-21(19)27(25)13-15-29(16-14-27)26(31)20-10-6-8-12-22(20)34-3/h4-12,24-25H,1,13-18H2,2-3H3,(H,28,30)/t24-,25+/m0/s1. The number of nitrogens with one attached hydrogen (secondary N) is 1. The van der Waals surface area contributed by atoms with Gasteiger partial charge in [0.25, 0.3) is 5.91 Å². The van der Waals surface area contributed by atoms with Crippen LogP contribution in [0.3, 0.4) is 0 Å². The highest BCUT2D eigenvalue weighted by Crippen LogP contribution is 2.52. The summed E-state index contributed by atoms with van der Waals surface area (Å²) in [6.45, 7) is 5.46. The maximum absolute atomic E-state index is 13.4. The molecule has 1 saturated heterocycles. The number of ether oxygens (including phenoxy) is 2. The highest BCUT2D eigenvalue weighted by molar-refractivity contribution is 7.98. The van der Waals surface area contributed by atoms with E-state index < -0.39 is 0 Å². The molecule has 2 atom stereocenters. The first kappa shape index (κ1) is 24.5. The molecule has 0 aromatic heterocycles. The van der Waals surface area contributed by atoms with Gasteiger partial charge in [-0.3, -0.25) is 9.59 Å². The predicted octanol–water partition coefficient (Wildman–Crippen LogP) is 3.97. The van der Waals surface area contributed by atoms with E-state index in [0.29, 0.717) is 19.7 Å². The largest absolute Gasteiger partial charge is 0.375 e. The van der Waals surface area contributed by atoms with Gasteiger partial charge in [0, 0.05) is 30.5 Å². The Bertz CT molecular complexity index is 1050. The number of fused-ring (bicyclic) bond motifs is 2. The maximum Gasteiger partial charge on any atom is 0.254 e. The molecule has 7 heteroatoms. The quantitative estimate of drug-likeness (QED) is 0.457. The van der Waals surface area contributed by atoms with E-state index in [2.05, 4.69) is 24.0 Å². The van der Waals surface area contributed by atoms with Gasteiger partial charge in [0.15, 0.2) is 0 Å². The van der Waals surface area contributed by atoms with Crippen LogP contribution in [-0.2, 0) is 19.7 Å². The highest BCUT2D eigenvalue weighted by atomic mass is 32.2. The van der Waals surface area contributed by atoms with Gasteiger partial charge in [-0.2, -0.15) is 0 Å². The number of hydrogen-bond acceptors (Lipinski definition) is 5. The summed E-state index contributed by atoms with van der Waals surface area (Å²) in [4.78, 5) is 28.8. The molecule has 2 aliphatic rings. The Hall–Kier alpha value is -2.61. The van der Waals surface area contributed by atoms with Crippen LogP contribution in [0.25, 0.3) is 0 Å². The van der Waals surface area contributed by atoms with Gasteiger partial charge in [-0.25, -0.2) is 0 Å². The Kier molecular flexibility index (Phi) is 7.76. The summed E-state index contributed by atoms with van der Waals surface area (Å²) in [5, 5.41) is 3.13. The number of rotatable bonds is 8. The molecule has 2 amide bonds. The molecule has 180 valence electrons. The Balaban J connectivity index is 1.62. The van der Waals surface area contributed by atoms with Crippen molar-refractivity contribution in [3.05, 3.63) is 77.9 Å². The Labute approximate surface area is 205 Å². The molecule has 1 N–H and O–H groups in total. The molecular formula is C27H32N2O4S. The summed E-state index contributed by atoms with van der Waals surface area (Å²) >= 11 is 1.59. The monoisotopic (exact) mass is 480 g/mol. The van der Waals surface area contributed by atoms with Crippen LogP contribution in [0.5, 0.6) is 0 Å². The summed E-state index contributed by atoms with van der Waals surface area (Å²) in [6.07, 6.45) is 5.00. The van der Waals surface area contributed by atoms with Crippen molar-refractivity contribution in [2.24, 2.45) is 0 Å². The van der Waals surface area contributed by atoms with Crippen molar-refractivity contribution in [1.82, 2.24) is 10.2 Å². The fourth-order valence-electron chi connectivity index (χ4n) is 5.44. The number of methoxy groups -OCH3 is 1. The van der Waals surface area contributed by atoms with Crippen LogP contribution in [0.15, 0.2) is 66.1 Å². The van der Waals surface area contributed by atoms with E-state index in [1.165, 1.54) is 12.7 Å². The molecule has 0 bridgehead atoms. The summed E-state index contributed by atoms with van der Waals surface area (Å²) in [7, 11) is 1.51. The molecule has 1 fully saturated rings. The number of hydrogen-bond donors (Lipinski definition) is 1. The number of likely N-dealkylation sites (tertiary alicyclic amines) is 1. The smallest absolute Gasteiger partial charge is 0.254 e. The van der Waals surface area contributed by atoms with Gasteiger partial charge in [-0.1, -0.05) is 42.5 Å². The third kappa shape index (κ3) is 4.52. The molecule has 34 heavy (non-hydrogen) atoms. The van der Waals surface area contributed by atoms with Gasteiger partial charge in [0.1, 0.15) is 6.61 Å². The number of carbonyl (C=O) groups is 2. The van der Waals surface area contributed by atoms with E-state index in [4.69, 9.17) is 9.47 Å². The second-order valence-electron chi connectivity index (χ2n) is 8.76. The second-order valence-corrected chi connectivity index (χ2v) is 9.60. The third-order valence-corrected chi connectivity index (χ3v) is 7.74. The average molecular weight is 481 g/mol. The number of nitrogens with zero attached hydrogens (tertiary/aromatic N) is 1. The zero-order chi connectivity index (χ0) is 24.1. The molecule has 2 aromatic carbocycles. The van der Waals surface area contributed by atoms with Crippen LogP contribution in [0, 0.1) is 0 Å².